The highest BCUT2D eigenvalue weighted by Gasteiger charge is 2.20. The van der Waals surface area contributed by atoms with Gasteiger partial charge in [0.1, 0.15) is 5.69 Å². The van der Waals surface area contributed by atoms with E-state index in [1.807, 2.05) is 24.4 Å². The molecule has 3 aromatic heterocycles. The lowest BCUT2D eigenvalue weighted by Gasteiger charge is -2.07. The summed E-state index contributed by atoms with van der Waals surface area (Å²) in [7, 11) is 0. The van der Waals surface area contributed by atoms with Crippen LogP contribution in [-0.4, -0.2) is 31.6 Å². The molecule has 7 nitrogen and oxygen atoms in total. The zero-order valence-corrected chi connectivity index (χ0v) is 20.8. The Labute approximate surface area is 205 Å². The number of carbonyl (C=O) groups is 1. The summed E-state index contributed by atoms with van der Waals surface area (Å²) in [5.74, 6) is -0.114. The molecule has 3 heterocycles. The van der Waals surface area contributed by atoms with Crippen LogP contribution in [0.15, 0.2) is 34.4 Å². The second-order valence-corrected chi connectivity index (χ2v) is 9.43. The van der Waals surface area contributed by atoms with Gasteiger partial charge in [-0.1, -0.05) is 36.5 Å². The van der Waals surface area contributed by atoms with Crippen LogP contribution in [0.4, 0.5) is 0 Å². The highest BCUT2D eigenvalue weighted by molar-refractivity contribution is 7.15. The first-order valence-corrected chi connectivity index (χ1v) is 12.2. The molecule has 0 saturated heterocycles. The van der Waals surface area contributed by atoms with Crippen LogP contribution < -0.4 is 10.9 Å². The molecule has 172 valence electrons. The maximum absolute atomic E-state index is 13.5. The van der Waals surface area contributed by atoms with Crippen molar-refractivity contribution in [1.82, 2.24) is 24.5 Å². The fraction of sp³-hybridized carbons (Fsp3) is 0.304. The Morgan fingerprint density at radius 1 is 1.18 bits per heavy atom. The van der Waals surface area contributed by atoms with Gasteiger partial charge in [-0.15, -0.1) is 11.3 Å². The van der Waals surface area contributed by atoms with Crippen molar-refractivity contribution in [3.05, 3.63) is 67.1 Å². The summed E-state index contributed by atoms with van der Waals surface area (Å²) in [6.07, 6.45) is 2.04. The standard InChI is InChI=1S/C23H23Cl2N5O2S/c1-4-5-8-26-20(31)11-16-12-33-23-27-14(3)21(22(32)29(16)23)19-9-13(2)30(28-19)15-6-7-17(24)18(25)10-15/h6-7,9-10,12H,4-5,8,11H2,1-3H3,(H,26,31). The van der Waals surface area contributed by atoms with Gasteiger partial charge in [-0.05, 0) is 44.5 Å². The Balaban J connectivity index is 1.75. The molecule has 1 aromatic carbocycles. The molecule has 0 radical (unpaired) electrons. The Bertz CT molecular complexity index is 1410. The maximum Gasteiger partial charge on any atom is 0.268 e. The fourth-order valence-corrected chi connectivity index (χ4v) is 4.85. The van der Waals surface area contributed by atoms with Crippen LogP contribution in [0.25, 0.3) is 21.9 Å². The SMILES string of the molecule is CCCCNC(=O)Cc1csc2nc(C)c(-c3cc(C)n(-c4ccc(Cl)c(Cl)c4)n3)c(=O)n12. The number of amides is 1. The zero-order chi connectivity index (χ0) is 23.7. The predicted octanol–water partition coefficient (Wildman–Crippen LogP) is 4.99. The van der Waals surface area contributed by atoms with E-state index >= 15 is 0 Å². The lowest BCUT2D eigenvalue weighted by Crippen LogP contribution is -2.28. The molecule has 0 aliphatic rings. The third-order valence-corrected chi connectivity index (χ3v) is 6.92. The van der Waals surface area contributed by atoms with Gasteiger partial charge in [0.05, 0.1) is 33.4 Å². The molecule has 4 rings (SSSR count). The second kappa shape index (κ2) is 9.67. The normalized spacial score (nSPS) is 11.3. The first-order valence-electron chi connectivity index (χ1n) is 10.6. The lowest BCUT2D eigenvalue weighted by atomic mass is 10.1. The number of aromatic nitrogens is 4. The number of nitrogens with one attached hydrogen (secondary N) is 1. The monoisotopic (exact) mass is 503 g/mol. The number of carbonyl (C=O) groups excluding carboxylic acids is 1. The van der Waals surface area contributed by atoms with Crippen molar-refractivity contribution < 1.29 is 4.79 Å². The highest BCUT2D eigenvalue weighted by atomic mass is 35.5. The van der Waals surface area contributed by atoms with E-state index in [0.29, 0.717) is 44.2 Å². The van der Waals surface area contributed by atoms with Gasteiger partial charge in [0.2, 0.25) is 5.91 Å². The third-order valence-electron chi connectivity index (χ3n) is 5.31. The van der Waals surface area contributed by atoms with Crippen molar-refractivity contribution in [2.24, 2.45) is 0 Å². The molecule has 4 aromatic rings. The van der Waals surface area contributed by atoms with Crippen LogP contribution in [0, 0.1) is 13.8 Å². The van der Waals surface area contributed by atoms with Gasteiger partial charge in [-0.25, -0.2) is 9.67 Å². The molecular formula is C23H23Cl2N5O2S. The largest absolute Gasteiger partial charge is 0.356 e. The van der Waals surface area contributed by atoms with Crippen LogP contribution in [-0.2, 0) is 11.2 Å². The fourth-order valence-electron chi connectivity index (χ4n) is 3.63. The van der Waals surface area contributed by atoms with E-state index in [1.165, 1.54) is 15.7 Å². The third kappa shape index (κ3) is 4.69. The molecular weight excluding hydrogens is 481 g/mol. The van der Waals surface area contributed by atoms with E-state index in [2.05, 4.69) is 22.3 Å². The van der Waals surface area contributed by atoms with Crippen molar-refractivity contribution in [1.29, 1.82) is 0 Å². The predicted molar refractivity (Wildman–Crippen MR) is 133 cm³/mol. The minimum atomic E-state index is -0.242. The van der Waals surface area contributed by atoms with E-state index in [4.69, 9.17) is 23.2 Å². The number of hydrogen-bond acceptors (Lipinski definition) is 5. The summed E-state index contributed by atoms with van der Waals surface area (Å²) in [6.45, 7) is 6.38. The first-order chi connectivity index (χ1) is 15.8. The number of thiazole rings is 1. The van der Waals surface area contributed by atoms with Crippen molar-refractivity contribution in [2.75, 3.05) is 6.54 Å². The van der Waals surface area contributed by atoms with Crippen molar-refractivity contribution in [3.8, 4) is 16.9 Å². The summed E-state index contributed by atoms with van der Waals surface area (Å²) in [6, 6.07) is 7.08. The number of hydrogen-bond donors (Lipinski definition) is 1. The Hall–Kier alpha value is -2.68. The van der Waals surface area contributed by atoms with Crippen molar-refractivity contribution >= 4 is 45.4 Å². The van der Waals surface area contributed by atoms with E-state index in [-0.39, 0.29) is 17.9 Å². The molecule has 33 heavy (non-hydrogen) atoms. The van der Waals surface area contributed by atoms with Crippen LogP contribution in [0.1, 0.15) is 36.8 Å². The summed E-state index contributed by atoms with van der Waals surface area (Å²) >= 11 is 13.6. The van der Waals surface area contributed by atoms with Crippen LogP contribution in [0.5, 0.6) is 0 Å². The molecule has 0 aliphatic heterocycles. The Kier molecular flexibility index (Phi) is 6.88. The number of nitrogens with zero attached hydrogens (tertiary/aromatic N) is 4. The maximum atomic E-state index is 13.5. The molecule has 0 unspecified atom stereocenters. The summed E-state index contributed by atoms with van der Waals surface area (Å²) in [5.41, 5.74) is 3.43. The minimum absolute atomic E-state index is 0.114. The van der Waals surface area contributed by atoms with E-state index in [1.54, 1.807) is 23.7 Å². The topological polar surface area (TPSA) is 81.3 Å². The van der Waals surface area contributed by atoms with Crippen LogP contribution in [0.2, 0.25) is 10.0 Å². The van der Waals surface area contributed by atoms with Crippen LogP contribution in [0.3, 0.4) is 0 Å². The molecule has 0 fully saturated rings. The number of aryl methyl sites for hydroxylation is 2. The lowest BCUT2D eigenvalue weighted by molar-refractivity contribution is -0.120. The average molecular weight is 504 g/mol. The van der Waals surface area contributed by atoms with Gasteiger partial charge in [-0.2, -0.15) is 5.10 Å². The number of benzene rings is 1. The average Bonchev–Trinajstić information content (AvgIpc) is 3.33. The molecule has 1 amide bonds. The van der Waals surface area contributed by atoms with E-state index < -0.39 is 0 Å². The molecule has 1 N–H and O–H groups in total. The van der Waals surface area contributed by atoms with E-state index in [0.717, 1.165) is 24.2 Å². The first kappa shape index (κ1) is 23.5. The highest BCUT2D eigenvalue weighted by Crippen LogP contribution is 2.27. The molecule has 0 spiro atoms. The number of unbranched alkanes of at least 4 members (excludes halogenated alkanes) is 1. The quantitative estimate of drug-likeness (QED) is 0.360. The number of rotatable bonds is 7. The smallest absolute Gasteiger partial charge is 0.268 e. The molecule has 0 saturated carbocycles. The Morgan fingerprint density at radius 3 is 2.70 bits per heavy atom. The van der Waals surface area contributed by atoms with E-state index in [9.17, 15) is 9.59 Å². The van der Waals surface area contributed by atoms with Gasteiger partial charge in [-0.3, -0.25) is 14.0 Å². The van der Waals surface area contributed by atoms with Gasteiger partial charge in [0.15, 0.2) is 4.96 Å². The van der Waals surface area contributed by atoms with Gasteiger partial charge < -0.3 is 5.32 Å². The summed E-state index contributed by atoms with van der Waals surface area (Å²) in [5, 5.41) is 10.2. The summed E-state index contributed by atoms with van der Waals surface area (Å²) < 4.78 is 3.22. The van der Waals surface area contributed by atoms with Gasteiger partial charge in [0.25, 0.3) is 5.56 Å². The molecule has 0 bridgehead atoms. The molecule has 0 aliphatic carbocycles. The van der Waals surface area contributed by atoms with Crippen LogP contribution >= 0.6 is 34.5 Å². The van der Waals surface area contributed by atoms with Gasteiger partial charge >= 0.3 is 0 Å². The van der Waals surface area contributed by atoms with Crippen molar-refractivity contribution in [2.45, 2.75) is 40.0 Å². The molecule has 10 heteroatoms. The van der Waals surface area contributed by atoms with Crippen molar-refractivity contribution in [3.63, 3.8) is 0 Å². The number of halogens is 2. The summed E-state index contributed by atoms with van der Waals surface area (Å²) in [4.78, 5) is 31.0. The minimum Gasteiger partial charge on any atom is -0.356 e. The zero-order valence-electron chi connectivity index (χ0n) is 18.5. The van der Waals surface area contributed by atoms with Gasteiger partial charge in [0, 0.05) is 23.3 Å². The Morgan fingerprint density at radius 2 is 1.97 bits per heavy atom. The number of fused-ring (bicyclic) bond motifs is 1. The molecule has 0 atom stereocenters. The second-order valence-electron chi connectivity index (χ2n) is 7.78.